The molecule has 1 aromatic rings. The minimum absolute atomic E-state index is 0.128. The average molecular weight is 302 g/mol. The Morgan fingerprint density at radius 1 is 1.47 bits per heavy atom. The van der Waals surface area contributed by atoms with Crippen LogP contribution in [0.3, 0.4) is 0 Å². The topological polar surface area (TPSA) is 66.4 Å². The number of carbonyl (C=O) groups excluding carboxylic acids is 1. The lowest BCUT2D eigenvalue weighted by atomic mass is 10.0. The molecule has 1 fully saturated rings. The number of carboxylic acid groups (broad SMARTS) is 1. The fourth-order valence-corrected chi connectivity index (χ4v) is 3.54. The molecule has 2 rings (SSSR count). The van der Waals surface area contributed by atoms with Gasteiger partial charge in [0.25, 0.3) is 0 Å². The van der Waals surface area contributed by atoms with Gasteiger partial charge in [-0.3, -0.25) is 9.59 Å². The summed E-state index contributed by atoms with van der Waals surface area (Å²) in [7, 11) is 0. The minimum atomic E-state index is -0.824. The van der Waals surface area contributed by atoms with E-state index in [0.717, 1.165) is 17.7 Å². The first-order valence-corrected chi connectivity index (χ1v) is 7.47. The van der Waals surface area contributed by atoms with Gasteiger partial charge in [-0.1, -0.05) is 18.0 Å². The number of rotatable bonds is 4. The van der Waals surface area contributed by atoms with Gasteiger partial charge >= 0.3 is 5.97 Å². The van der Waals surface area contributed by atoms with E-state index in [1.54, 1.807) is 6.07 Å². The highest BCUT2D eigenvalue weighted by molar-refractivity contribution is 7.16. The van der Waals surface area contributed by atoms with Gasteiger partial charge in [-0.05, 0) is 31.9 Å². The molecule has 1 saturated carbocycles. The molecule has 1 unspecified atom stereocenters. The van der Waals surface area contributed by atoms with Crippen LogP contribution in [0.5, 0.6) is 0 Å². The smallest absolute Gasteiger partial charge is 0.308 e. The first kappa shape index (κ1) is 14.3. The van der Waals surface area contributed by atoms with Crippen LogP contribution in [-0.4, -0.2) is 23.0 Å². The zero-order valence-corrected chi connectivity index (χ0v) is 12.1. The molecular formula is C13H16ClNO3S. The van der Waals surface area contributed by atoms with Crippen LogP contribution in [0.15, 0.2) is 12.1 Å². The minimum Gasteiger partial charge on any atom is -0.481 e. The number of hydrogen-bond acceptors (Lipinski definition) is 3. The third-order valence-electron chi connectivity index (χ3n) is 3.57. The number of aliphatic carboxylic acids is 1. The molecular weight excluding hydrogens is 286 g/mol. The van der Waals surface area contributed by atoms with Crippen molar-refractivity contribution >= 4 is 34.8 Å². The molecule has 1 aliphatic carbocycles. The van der Waals surface area contributed by atoms with Crippen LogP contribution in [0, 0.1) is 5.92 Å². The van der Waals surface area contributed by atoms with Crippen molar-refractivity contribution in [1.82, 2.24) is 5.32 Å². The SMILES string of the molecule is CC(C(=O)N[C@@H]1CCC[C@@H]1C(=O)O)c1ccc(Cl)s1. The Labute approximate surface area is 120 Å². The van der Waals surface area contributed by atoms with E-state index >= 15 is 0 Å². The van der Waals surface area contributed by atoms with Crippen LogP contribution >= 0.6 is 22.9 Å². The highest BCUT2D eigenvalue weighted by atomic mass is 35.5. The summed E-state index contributed by atoms with van der Waals surface area (Å²) in [6.07, 6.45) is 2.22. The normalized spacial score (nSPS) is 24.1. The molecule has 19 heavy (non-hydrogen) atoms. The van der Waals surface area contributed by atoms with E-state index in [1.165, 1.54) is 11.3 Å². The van der Waals surface area contributed by atoms with Crippen LogP contribution in [0.1, 0.15) is 37.0 Å². The van der Waals surface area contributed by atoms with Gasteiger partial charge in [0, 0.05) is 10.9 Å². The van der Waals surface area contributed by atoms with Crippen LogP contribution < -0.4 is 5.32 Å². The second-order valence-corrected chi connectivity index (χ2v) is 6.60. The zero-order valence-electron chi connectivity index (χ0n) is 10.6. The van der Waals surface area contributed by atoms with E-state index < -0.39 is 11.9 Å². The average Bonchev–Trinajstić information content (AvgIpc) is 2.97. The number of amides is 1. The predicted molar refractivity (Wildman–Crippen MR) is 74.7 cm³/mol. The van der Waals surface area contributed by atoms with E-state index in [-0.39, 0.29) is 17.9 Å². The van der Waals surface area contributed by atoms with Crippen molar-refractivity contribution in [2.24, 2.45) is 5.92 Å². The lowest BCUT2D eigenvalue weighted by molar-refractivity contribution is -0.142. The fourth-order valence-electron chi connectivity index (χ4n) is 2.43. The monoisotopic (exact) mass is 301 g/mol. The number of hydrogen-bond donors (Lipinski definition) is 2. The van der Waals surface area contributed by atoms with Gasteiger partial charge in [-0.15, -0.1) is 11.3 Å². The molecule has 4 nitrogen and oxygen atoms in total. The number of halogens is 1. The molecule has 104 valence electrons. The summed E-state index contributed by atoms with van der Waals surface area (Å²) in [5, 5.41) is 12.0. The molecule has 0 aromatic carbocycles. The number of nitrogens with one attached hydrogen (secondary N) is 1. The van der Waals surface area contributed by atoms with Crippen molar-refractivity contribution in [3.05, 3.63) is 21.3 Å². The molecule has 0 bridgehead atoms. The first-order valence-electron chi connectivity index (χ1n) is 6.27. The highest BCUT2D eigenvalue weighted by Crippen LogP contribution is 2.30. The van der Waals surface area contributed by atoms with Crippen LogP contribution in [0.25, 0.3) is 0 Å². The second-order valence-electron chi connectivity index (χ2n) is 4.85. The maximum atomic E-state index is 12.1. The Kier molecular flexibility index (Phi) is 4.47. The Morgan fingerprint density at radius 3 is 2.79 bits per heavy atom. The van der Waals surface area contributed by atoms with Crippen molar-refractivity contribution in [1.29, 1.82) is 0 Å². The van der Waals surface area contributed by atoms with Crippen molar-refractivity contribution < 1.29 is 14.7 Å². The van der Waals surface area contributed by atoms with Crippen molar-refractivity contribution in [2.45, 2.75) is 38.1 Å². The third-order valence-corrected chi connectivity index (χ3v) is 4.99. The summed E-state index contributed by atoms with van der Waals surface area (Å²) in [5.74, 6) is -1.71. The number of thiophene rings is 1. The van der Waals surface area contributed by atoms with Crippen molar-refractivity contribution in [2.75, 3.05) is 0 Å². The lowest BCUT2D eigenvalue weighted by Gasteiger charge is -2.19. The van der Waals surface area contributed by atoms with Crippen LogP contribution in [0.4, 0.5) is 0 Å². The predicted octanol–water partition coefficient (Wildman–Crippen LogP) is 2.87. The summed E-state index contributed by atoms with van der Waals surface area (Å²) in [5.41, 5.74) is 0. The van der Waals surface area contributed by atoms with Gasteiger partial charge in [0.2, 0.25) is 5.91 Å². The standard InChI is InChI=1S/C13H16ClNO3S/c1-7(10-5-6-11(14)19-10)12(16)15-9-4-2-3-8(9)13(17)18/h5-9H,2-4H2,1H3,(H,15,16)(H,17,18)/t7?,8-,9+/m0/s1. The Hall–Kier alpha value is -1.07. The van der Waals surface area contributed by atoms with E-state index in [9.17, 15) is 9.59 Å². The molecule has 1 heterocycles. The van der Waals surface area contributed by atoms with Gasteiger partial charge in [-0.25, -0.2) is 0 Å². The third kappa shape index (κ3) is 3.28. The molecule has 3 atom stereocenters. The van der Waals surface area contributed by atoms with Gasteiger partial charge in [0.05, 0.1) is 16.2 Å². The number of carbonyl (C=O) groups is 2. The Morgan fingerprint density at radius 2 is 2.21 bits per heavy atom. The van der Waals surface area contributed by atoms with Crippen molar-refractivity contribution in [3.8, 4) is 0 Å². The van der Waals surface area contributed by atoms with Crippen LogP contribution in [-0.2, 0) is 9.59 Å². The molecule has 0 spiro atoms. The lowest BCUT2D eigenvalue weighted by Crippen LogP contribution is -2.41. The number of carboxylic acids is 1. The quantitative estimate of drug-likeness (QED) is 0.898. The summed E-state index contributed by atoms with van der Waals surface area (Å²) in [4.78, 5) is 24.1. The molecule has 1 amide bonds. The maximum absolute atomic E-state index is 12.1. The van der Waals surface area contributed by atoms with E-state index in [4.69, 9.17) is 16.7 Å². The van der Waals surface area contributed by atoms with E-state index in [2.05, 4.69) is 5.32 Å². The molecule has 0 aliphatic heterocycles. The summed E-state index contributed by atoms with van der Waals surface area (Å²) in [6, 6.07) is 3.35. The van der Waals surface area contributed by atoms with Crippen LogP contribution in [0.2, 0.25) is 4.34 Å². The van der Waals surface area contributed by atoms with Gasteiger partial charge in [0.1, 0.15) is 0 Å². The molecule has 1 aromatic heterocycles. The fraction of sp³-hybridized carbons (Fsp3) is 0.538. The van der Waals surface area contributed by atoms with Gasteiger partial charge < -0.3 is 10.4 Å². The summed E-state index contributed by atoms with van der Waals surface area (Å²) >= 11 is 7.23. The summed E-state index contributed by atoms with van der Waals surface area (Å²) < 4.78 is 0.652. The summed E-state index contributed by atoms with van der Waals surface area (Å²) in [6.45, 7) is 1.81. The van der Waals surface area contributed by atoms with Gasteiger partial charge in [-0.2, -0.15) is 0 Å². The van der Waals surface area contributed by atoms with Crippen molar-refractivity contribution in [3.63, 3.8) is 0 Å². The largest absolute Gasteiger partial charge is 0.481 e. The van der Waals surface area contributed by atoms with Gasteiger partial charge in [0.15, 0.2) is 0 Å². The highest BCUT2D eigenvalue weighted by Gasteiger charge is 2.34. The first-order chi connectivity index (χ1) is 8.99. The van der Waals surface area contributed by atoms with E-state index in [0.29, 0.717) is 10.8 Å². The Balaban J connectivity index is 1.99. The molecule has 6 heteroatoms. The molecule has 2 N–H and O–H groups in total. The molecule has 0 radical (unpaired) electrons. The second kappa shape index (κ2) is 5.92. The van der Waals surface area contributed by atoms with E-state index in [1.807, 2.05) is 13.0 Å². The maximum Gasteiger partial charge on any atom is 0.308 e. The molecule has 0 saturated heterocycles. The Bertz CT molecular complexity index is 488. The molecule has 1 aliphatic rings. The zero-order chi connectivity index (χ0) is 14.0.